The summed E-state index contributed by atoms with van der Waals surface area (Å²) in [5.74, 6) is -6.64. The van der Waals surface area contributed by atoms with Crippen molar-refractivity contribution in [1.29, 1.82) is 0 Å². The molecular formula is C40H63N6O12P. The van der Waals surface area contributed by atoms with Gasteiger partial charge in [-0.25, -0.2) is 4.79 Å². The number of hydrogen-bond acceptors (Lipinski definition) is 11. The summed E-state index contributed by atoms with van der Waals surface area (Å²) in [6, 6.07) is -3.58. The number of fused-ring (bicyclic) bond motifs is 1. The number of unbranched alkanes of at least 4 members (excludes halogenated alkanes) is 6. The molecule has 1 heterocycles. The molecule has 1 aliphatic carbocycles. The Morgan fingerprint density at radius 2 is 1.44 bits per heavy atom. The number of aliphatic carboxylic acids is 2. The van der Waals surface area contributed by atoms with E-state index in [2.05, 4.69) is 33.5 Å². The van der Waals surface area contributed by atoms with Crippen LogP contribution in [-0.4, -0.2) is 121 Å². The number of nitrogens with two attached hydrogens (primary N) is 1. The predicted molar refractivity (Wildman–Crippen MR) is 220 cm³/mol. The summed E-state index contributed by atoms with van der Waals surface area (Å²) in [6.45, 7) is 2.34. The average molecular weight is 851 g/mol. The largest absolute Gasteiger partial charge is 0.497 e. The Morgan fingerprint density at radius 3 is 2.14 bits per heavy atom. The van der Waals surface area contributed by atoms with Gasteiger partial charge in [0.1, 0.15) is 23.9 Å². The molecule has 0 aromatic carbocycles. The number of esters is 1. The Labute approximate surface area is 347 Å². The number of carboxylic acids is 2. The van der Waals surface area contributed by atoms with Gasteiger partial charge in [-0.2, -0.15) is 0 Å². The molecule has 59 heavy (non-hydrogen) atoms. The van der Waals surface area contributed by atoms with Gasteiger partial charge in [0.05, 0.1) is 13.2 Å². The van der Waals surface area contributed by atoms with Crippen molar-refractivity contribution in [2.24, 2.45) is 11.7 Å². The highest BCUT2D eigenvalue weighted by Gasteiger charge is 2.35. The van der Waals surface area contributed by atoms with Crippen LogP contribution in [0.4, 0.5) is 0 Å². The number of carbonyl (C=O) groups is 8. The van der Waals surface area contributed by atoms with E-state index in [9.17, 15) is 43.5 Å². The Hall–Kier alpha value is -4.83. The van der Waals surface area contributed by atoms with Crippen LogP contribution in [-0.2, 0) is 47.8 Å². The smallest absolute Gasteiger partial charge is 0.326 e. The van der Waals surface area contributed by atoms with E-state index < -0.39 is 71.7 Å². The molecule has 9 N–H and O–H groups in total. The van der Waals surface area contributed by atoms with Gasteiger partial charge in [-0.15, -0.1) is 8.58 Å². The molecule has 0 radical (unpaired) electrons. The number of allylic oxidation sites excluding steroid dienone is 1. The van der Waals surface area contributed by atoms with Crippen LogP contribution >= 0.6 is 8.58 Å². The molecule has 3 unspecified atom stereocenters. The van der Waals surface area contributed by atoms with E-state index in [1.165, 1.54) is 38.9 Å². The minimum absolute atomic E-state index is 0.0197. The van der Waals surface area contributed by atoms with Crippen molar-refractivity contribution in [3.05, 3.63) is 35.6 Å². The lowest BCUT2D eigenvalue weighted by Gasteiger charge is -2.27. The van der Waals surface area contributed by atoms with Crippen LogP contribution in [0.1, 0.15) is 96.8 Å². The molecule has 0 bridgehead atoms. The van der Waals surface area contributed by atoms with Crippen molar-refractivity contribution in [2.45, 2.75) is 121 Å². The molecule has 0 fully saturated rings. The normalized spacial score (nSPS) is 17.3. The Kier molecular flexibility index (Phi) is 24.4. The molecule has 2 rings (SSSR count). The highest BCUT2D eigenvalue weighted by molar-refractivity contribution is 7.38. The topological polar surface area (TPSA) is 282 Å². The van der Waals surface area contributed by atoms with Crippen LogP contribution in [0.15, 0.2) is 35.6 Å². The summed E-state index contributed by atoms with van der Waals surface area (Å²) in [5, 5.41) is 31.4. The summed E-state index contributed by atoms with van der Waals surface area (Å²) in [7, 11) is 1.91. The SMILES string of the molecule is CCCCCCCCCC(=O)NCCPCC[C@H](N)C(=O)N[C@H](CCNC(=O)C1C=C2C=CC(OC)=CC2OC1=O)C(=O)NCC[C@@H](NC(=O)CCCC(=O)O)C(=O)O. The molecule has 18 nitrogen and oxygen atoms in total. The van der Waals surface area contributed by atoms with E-state index in [4.69, 9.17) is 20.3 Å². The lowest BCUT2D eigenvalue weighted by atomic mass is 9.94. The third-order valence-corrected chi connectivity index (χ3v) is 10.8. The van der Waals surface area contributed by atoms with Gasteiger partial charge < -0.3 is 52.0 Å². The van der Waals surface area contributed by atoms with E-state index in [-0.39, 0.29) is 51.1 Å². The van der Waals surface area contributed by atoms with E-state index >= 15 is 0 Å². The number of ether oxygens (including phenoxy) is 2. The van der Waals surface area contributed by atoms with Gasteiger partial charge in [0.2, 0.25) is 29.5 Å². The number of carboxylic acid groups (broad SMARTS) is 2. The number of hydrogen-bond donors (Lipinski definition) is 8. The number of nitrogens with one attached hydrogen (secondary N) is 5. The second-order valence-corrected chi connectivity index (χ2v) is 15.9. The van der Waals surface area contributed by atoms with Crippen molar-refractivity contribution >= 4 is 56.0 Å². The first-order chi connectivity index (χ1) is 28.2. The zero-order valence-electron chi connectivity index (χ0n) is 34.2. The molecule has 0 saturated heterocycles. The van der Waals surface area contributed by atoms with Crippen LogP contribution in [0.5, 0.6) is 0 Å². The molecule has 6 atom stereocenters. The molecule has 0 aromatic rings. The Morgan fingerprint density at radius 1 is 0.763 bits per heavy atom. The highest BCUT2D eigenvalue weighted by Crippen LogP contribution is 2.27. The first kappa shape index (κ1) is 50.3. The van der Waals surface area contributed by atoms with Crippen molar-refractivity contribution in [3.63, 3.8) is 0 Å². The van der Waals surface area contributed by atoms with Crippen LogP contribution in [0, 0.1) is 5.92 Å². The fourth-order valence-electron chi connectivity index (χ4n) is 6.12. The number of methoxy groups -OCH3 is 1. The van der Waals surface area contributed by atoms with Crippen LogP contribution in [0.25, 0.3) is 0 Å². The molecule has 2 aliphatic rings. The van der Waals surface area contributed by atoms with E-state index in [0.717, 1.165) is 25.4 Å². The molecular weight excluding hydrogens is 787 g/mol. The van der Waals surface area contributed by atoms with Gasteiger partial charge in [-0.3, -0.25) is 33.6 Å². The maximum Gasteiger partial charge on any atom is 0.326 e. The lowest BCUT2D eigenvalue weighted by molar-refractivity contribution is -0.153. The molecule has 0 spiro atoms. The first-order valence-electron chi connectivity index (χ1n) is 20.4. The third kappa shape index (κ3) is 20.6. The molecule has 1 aliphatic heterocycles. The number of rotatable bonds is 31. The number of carbonyl (C=O) groups excluding carboxylic acids is 6. The minimum atomic E-state index is -1.38. The summed E-state index contributed by atoms with van der Waals surface area (Å²) in [4.78, 5) is 99.0. The maximum absolute atomic E-state index is 13.3. The molecule has 5 amide bonds. The summed E-state index contributed by atoms with van der Waals surface area (Å²) < 4.78 is 10.6. The van der Waals surface area contributed by atoms with Gasteiger partial charge in [0.15, 0.2) is 5.92 Å². The van der Waals surface area contributed by atoms with Crippen molar-refractivity contribution in [1.82, 2.24) is 26.6 Å². The van der Waals surface area contributed by atoms with Crippen LogP contribution in [0.3, 0.4) is 0 Å². The van der Waals surface area contributed by atoms with Gasteiger partial charge in [-0.05, 0) is 56.1 Å². The van der Waals surface area contributed by atoms with Crippen LogP contribution in [0.2, 0.25) is 0 Å². The third-order valence-electron chi connectivity index (χ3n) is 9.58. The van der Waals surface area contributed by atoms with Gasteiger partial charge in [-0.1, -0.05) is 57.6 Å². The van der Waals surface area contributed by atoms with E-state index in [1.807, 2.05) is 0 Å². The fraction of sp³-hybridized carbons (Fsp3) is 0.650. The molecule has 330 valence electrons. The molecule has 19 heteroatoms. The zero-order chi connectivity index (χ0) is 43.6. The summed E-state index contributed by atoms with van der Waals surface area (Å²) in [6.07, 6.45) is 15.0. The monoisotopic (exact) mass is 850 g/mol. The zero-order valence-corrected chi connectivity index (χ0v) is 35.2. The van der Waals surface area contributed by atoms with Crippen molar-refractivity contribution in [2.75, 3.05) is 39.1 Å². The Bertz CT molecular complexity index is 1540. The van der Waals surface area contributed by atoms with E-state index in [0.29, 0.717) is 45.5 Å². The first-order valence-corrected chi connectivity index (χ1v) is 21.9. The summed E-state index contributed by atoms with van der Waals surface area (Å²) in [5.41, 5.74) is 6.76. The molecule has 0 saturated carbocycles. The average Bonchev–Trinajstić information content (AvgIpc) is 3.19. The second-order valence-electron chi connectivity index (χ2n) is 14.4. The van der Waals surface area contributed by atoms with Gasteiger partial charge >= 0.3 is 17.9 Å². The predicted octanol–water partition coefficient (Wildman–Crippen LogP) is 1.53. The van der Waals surface area contributed by atoms with Crippen molar-refractivity contribution in [3.8, 4) is 0 Å². The van der Waals surface area contributed by atoms with Gasteiger partial charge in [0, 0.05) is 45.0 Å². The van der Waals surface area contributed by atoms with Crippen molar-refractivity contribution < 1.29 is 58.0 Å². The molecule has 0 aromatic heterocycles. The fourth-order valence-corrected chi connectivity index (χ4v) is 7.19. The maximum atomic E-state index is 13.3. The number of amides is 5. The lowest BCUT2D eigenvalue weighted by Crippen LogP contribution is -2.53. The van der Waals surface area contributed by atoms with Gasteiger partial charge in [0.25, 0.3) is 0 Å². The standard InChI is InChI=1S/C40H63N6O12P/c1-3-4-5-6-7-8-9-11-33(47)42-21-23-59-22-18-29(41)37(52)46-30(38(53)44-20-17-31(39(54)55)45-34(48)12-10-13-35(49)50)16-19-43-36(51)28-24-26-14-15-27(57-2)25-32(26)58-40(28)56/h14-15,24-25,28-32,59H,3-13,16-23,41H2,1-2H3,(H,42,47)(H,43,51)(H,44,53)(H,45,48)(H,46,52)(H,49,50)(H,54,55)/t28?,29-,30+,31+,32?/m0/s1. The van der Waals surface area contributed by atoms with E-state index in [1.54, 1.807) is 18.2 Å². The summed E-state index contributed by atoms with van der Waals surface area (Å²) >= 11 is 0. The quantitative estimate of drug-likeness (QED) is 0.0213. The minimum Gasteiger partial charge on any atom is -0.497 e. The van der Waals surface area contributed by atoms with Crippen LogP contribution < -0.4 is 32.3 Å². The second kappa shape index (κ2) is 28.6. The Balaban J connectivity index is 1.91. The highest BCUT2D eigenvalue weighted by atomic mass is 31.1.